The first-order valence-electron chi connectivity index (χ1n) is 8.37. The maximum Gasteiger partial charge on any atom is 0.416 e. The quantitative estimate of drug-likeness (QED) is 0.635. The van der Waals surface area contributed by atoms with Gasteiger partial charge in [0.1, 0.15) is 4.62 Å². The molecule has 2 aromatic carbocycles. The average molecular weight is 492 g/mol. The van der Waals surface area contributed by atoms with Gasteiger partial charge in [-0.2, -0.15) is 13.2 Å². The van der Waals surface area contributed by atoms with Crippen molar-refractivity contribution >= 4 is 41.9 Å². The Hall–Kier alpha value is -2.11. The molecule has 1 aliphatic heterocycles. The highest BCUT2D eigenvalue weighted by molar-refractivity contribution is 9.18. The molecule has 29 heavy (non-hydrogen) atoms. The van der Waals surface area contributed by atoms with Gasteiger partial charge in [0.15, 0.2) is 5.60 Å². The molecule has 1 heterocycles. The molecule has 0 amide bonds. The first-order chi connectivity index (χ1) is 13.4. The molecule has 1 unspecified atom stereocenters. The van der Waals surface area contributed by atoms with Crippen molar-refractivity contribution in [2.24, 2.45) is 5.16 Å². The van der Waals surface area contributed by atoms with Gasteiger partial charge in [-0.25, -0.2) is 13.1 Å². The van der Waals surface area contributed by atoms with Crippen molar-refractivity contribution in [1.29, 1.82) is 0 Å². The molecular formula is C18H17BrF3N3O3S. The van der Waals surface area contributed by atoms with Crippen LogP contribution >= 0.6 is 15.9 Å². The van der Waals surface area contributed by atoms with E-state index in [9.17, 15) is 21.6 Å². The van der Waals surface area contributed by atoms with Gasteiger partial charge in [0.2, 0.25) is 10.0 Å². The second-order valence-electron chi connectivity index (χ2n) is 6.58. The molecule has 0 bridgehead atoms. The van der Waals surface area contributed by atoms with Gasteiger partial charge in [-0.1, -0.05) is 11.2 Å². The van der Waals surface area contributed by atoms with Crippen molar-refractivity contribution in [1.82, 2.24) is 4.72 Å². The molecule has 3 rings (SSSR count). The van der Waals surface area contributed by atoms with Gasteiger partial charge < -0.3 is 10.2 Å². The molecule has 0 saturated carbocycles. The number of benzene rings is 2. The minimum Gasteiger partial charge on any atom is -0.383 e. The summed E-state index contributed by atoms with van der Waals surface area (Å²) in [5, 5.41) is 6.80. The second kappa shape index (κ2) is 7.62. The van der Waals surface area contributed by atoms with E-state index in [0.29, 0.717) is 22.3 Å². The van der Waals surface area contributed by atoms with E-state index in [1.165, 1.54) is 37.4 Å². The van der Waals surface area contributed by atoms with Crippen LogP contribution in [0, 0.1) is 0 Å². The molecule has 1 aliphatic rings. The third kappa shape index (κ3) is 4.57. The minimum absolute atomic E-state index is 0.00237. The average Bonchev–Trinajstić information content (AvgIpc) is 3.01. The predicted molar refractivity (Wildman–Crippen MR) is 107 cm³/mol. The highest BCUT2D eigenvalue weighted by atomic mass is 79.9. The molecule has 156 valence electrons. The Kier molecular flexibility index (Phi) is 5.67. The zero-order chi connectivity index (χ0) is 21.4. The Labute approximate surface area is 174 Å². The van der Waals surface area contributed by atoms with Crippen LogP contribution in [0.15, 0.2) is 52.5 Å². The van der Waals surface area contributed by atoms with Gasteiger partial charge in [0, 0.05) is 23.4 Å². The van der Waals surface area contributed by atoms with E-state index >= 15 is 0 Å². The SMILES string of the molecule is CNS(=O)(=O)c1ccc(Nc2cccc(C(F)(F)F)c2)c(C2(C)CC(Br)=NO2)c1. The Morgan fingerprint density at radius 3 is 2.52 bits per heavy atom. The van der Waals surface area contributed by atoms with E-state index in [1.54, 1.807) is 6.92 Å². The van der Waals surface area contributed by atoms with Crippen LogP contribution in [0.1, 0.15) is 24.5 Å². The topological polar surface area (TPSA) is 79.8 Å². The van der Waals surface area contributed by atoms with Crippen LogP contribution in [0.5, 0.6) is 0 Å². The van der Waals surface area contributed by atoms with Gasteiger partial charge in [0.25, 0.3) is 0 Å². The molecule has 6 nitrogen and oxygen atoms in total. The van der Waals surface area contributed by atoms with E-state index in [0.717, 1.165) is 12.1 Å². The molecule has 2 aromatic rings. The Bertz CT molecular complexity index is 1070. The number of hydrogen-bond donors (Lipinski definition) is 2. The van der Waals surface area contributed by atoms with Gasteiger partial charge in [-0.15, -0.1) is 0 Å². The van der Waals surface area contributed by atoms with Crippen molar-refractivity contribution in [3.8, 4) is 0 Å². The fourth-order valence-corrected chi connectivity index (χ4v) is 4.28. The summed E-state index contributed by atoms with van der Waals surface area (Å²) < 4.78 is 66.3. The molecule has 0 spiro atoms. The lowest BCUT2D eigenvalue weighted by Gasteiger charge is -2.26. The van der Waals surface area contributed by atoms with Gasteiger partial charge in [-0.05, 0) is 66.3 Å². The maximum atomic E-state index is 13.0. The van der Waals surface area contributed by atoms with Crippen LogP contribution < -0.4 is 10.0 Å². The smallest absolute Gasteiger partial charge is 0.383 e. The Morgan fingerprint density at radius 2 is 1.93 bits per heavy atom. The monoisotopic (exact) mass is 491 g/mol. The van der Waals surface area contributed by atoms with Crippen LogP contribution in [-0.2, 0) is 26.6 Å². The van der Waals surface area contributed by atoms with Gasteiger partial charge in [0.05, 0.1) is 10.5 Å². The lowest BCUT2D eigenvalue weighted by atomic mass is 9.91. The number of oxime groups is 1. The molecule has 0 aromatic heterocycles. The molecule has 0 fully saturated rings. The van der Waals surface area contributed by atoms with E-state index in [4.69, 9.17) is 4.84 Å². The lowest BCUT2D eigenvalue weighted by molar-refractivity contribution is -0.137. The standard InChI is InChI=1S/C18H17BrF3N3O3S/c1-17(10-16(19)25-28-17)14-9-13(29(26,27)23-2)6-7-15(14)24-12-5-3-4-11(8-12)18(20,21)22/h3-9,23-24H,10H2,1-2H3. The van der Waals surface area contributed by atoms with Crippen molar-refractivity contribution in [3.63, 3.8) is 0 Å². The third-order valence-electron chi connectivity index (χ3n) is 4.44. The summed E-state index contributed by atoms with van der Waals surface area (Å²) in [5.74, 6) is 0. The summed E-state index contributed by atoms with van der Waals surface area (Å²) >= 11 is 3.25. The first kappa shape index (κ1) is 21.6. The van der Waals surface area contributed by atoms with E-state index < -0.39 is 27.4 Å². The normalized spacial score (nSPS) is 19.6. The number of nitrogens with zero attached hydrogens (tertiary/aromatic N) is 1. The fourth-order valence-electron chi connectivity index (χ4n) is 2.92. The summed E-state index contributed by atoms with van der Waals surface area (Å²) in [5.41, 5.74) is -0.773. The summed E-state index contributed by atoms with van der Waals surface area (Å²) in [6.07, 6.45) is -4.15. The number of sulfonamides is 1. The molecule has 0 aliphatic carbocycles. The number of alkyl halides is 3. The molecule has 11 heteroatoms. The van der Waals surface area contributed by atoms with Gasteiger partial charge in [-0.3, -0.25) is 0 Å². The van der Waals surface area contributed by atoms with Crippen LogP contribution in [0.2, 0.25) is 0 Å². The van der Waals surface area contributed by atoms with Crippen molar-refractivity contribution in [2.75, 3.05) is 12.4 Å². The summed E-state index contributed by atoms with van der Waals surface area (Å²) in [6, 6.07) is 9.00. The molecular weight excluding hydrogens is 475 g/mol. The van der Waals surface area contributed by atoms with Crippen molar-refractivity contribution < 1.29 is 26.4 Å². The number of halogens is 4. The summed E-state index contributed by atoms with van der Waals surface area (Å²) in [4.78, 5) is 5.50. The zero-order valence-corrected chi connectivity index (χ0v) is 17.7. The number of anilines is 2. The summed E-state index contributed by atoms with van der Waals surface area (Å²) in [7, 11) is -2.45. The van der Waals surface area contributed by atoms with E-state index in [2.05, 4.69) is 31.1 Å². The van der Waals surface area contributed by atoms with Gasteiger partial charge >= 0.3 is 6.18 Å². The largest absolute Gasteiger partial charge is 0.416 e. The maximum absolute atomic E-state index is 13.0. The van der Waals surface area contributed by atoms with Crippen molar-refractivity contribution in [2.45, 2.75) is 30.0 Å². The zero-order valence-electron chi connectivity index (χ0n) is 15.3. The third-order valence-corrected chi connectivity index (χ3v) is 6.28. The van der Waals surface area contributed by atoms with Crippen LogP contribution in [0.4, 0.5) is 24.5 Å². The van der Waals surface area contributed by atoms with Crippen LogP contribution in [0.25, 0.3) is 0 Å². The first-order valence-corrected chi connectivity index (χ1v) is 10.7. The Balaban J connectivity index is 2.07. The lowest BCUT2D eigenvalue weighted by Crippen LogP contribution is -2.24. The molecule has 0 radical (unpaired) electrons. The van der Waals surface area contributed by atoms with Crippen LogP contribution in [0.3, 0.4) is 0 Å². The Morgan fingerprint density at radius 1 is 1.21 bits per heavy atom. The molecule has 1 atom stereocenters. The van der Waals surface area contributed by atoms with E-state index in [1.807, 2.05) is 0 Å². The number of hydrogen-bond acceptors (Lipinski definition) is 5. The molecule has 0 saturated heterocycles. The highest BCUT2D eigenvalue weighted by Crippen LogP contribution is 2.41. The molecule has 2 N–H and O–H groups in total. The second-order valence-corrected chi connectivity index (χ2v) is 9.39. The fraction of sp³-hybridized carbons (Fsp3) is 0.278. The van der Waals surface area contributed by atoms with Crippen LogP contribution in [-0.4, -0.2) is 20.1 Å². The summed E-state index contributed by atoms with van der Waals surface area (Å²) in [6.45, 7) is 1.72. The number of rotatable bonds is 5. The highest BCUT2D eigenvalue weighted by Gasteiger charge is 2.38. The van der Waals surface area contributed by atoms with Crippen molar-refractivity contribution in [3.05, 3.63) is 53.6 Å². The van der Waals surface area contributed by atoms with E-state index in [-0.39, 0.29) is 10.6 Å². The minimum atomic E-state index is -4.48. The predicted octanol–water partition coefficient (Wildman–Crippen LogP) is 4.70. The number of nitrogens with one attached hydrogen (secondary N) is 2.